The predicted octanol–water partition coefficient (Wildman–Crippen LogP) is 3.06. The second kappa shape index (κ2) is 8.67. The van der Waals surface area contributed by atoms with E-state index in [4.69, 9.17) is 10.6 Å². The summed E-state index contributed by atoms with van der Waals surface area (Å²) in [5.41, 5.74) is 12.5. The minimum Gasteiger partial charge on any atom is -0.385 e. The van der Waals surface area contributed by atoms with Crippen molar-refractivity contribution in [3.8, 4) is 0 Å². The molecule has 170 valence electrons. The van der Waals surface area contributed by atoms with Crippen LogP contribution in [0, 0.1) is 5.82 Å². The molecule has 9 heteroatoms. The van der Waals surface area contributed by atoms with Gasteiger partial charge in [0.2, 0.25) is 0 Å². The smallest absolute Gasteiger partial charge is 0.356 e. The third kappa shape index (κ3) is 4.07. The third-order valence-corrected chi connectivity index (χ3v) is 6.26. The molecule has 5 rings (SSSR count). The molecule has 1 aromatic heterocycles. The lowest BCUT2D eigenvalue weighted by Gasteiger charge is -2.25. The van der Waals surface area contributed by atoms with Gasteiger partial charge in [-0.2, -0.15) is 9.78 Å². The molecule has 2 aliphatic rings. The summed E-state index contributed by atoms with van der Waals surface area (Å²) in [7, 11) is 0. The maximum absolute atomic E-state index is 13.9. The molecule has 4 N–H and O–H groups in total. The van der Waals surface area contributed by atoms with Gasteiger partial charge in [-0.25, -0.2) is 9.18 Å². The van der Waals surface area contributed by atoms with Crippen LogP contribution >= 0.6 is 0 Å². The van der Waals surface area contributed by atoms with Crippen LogP contribution in [0.4, 0.5) is 15.9 Å². The van der Waals surface area contributed by atoms with E-state index in [1.54, 1.807) is 30.3 Å². The Morgan fingerprint density at radius 2 is 2.00 bits per heavy atom. The van der Waals surface area contributed by atoms with Crippen LogP contribution in [0.3, 0.4) is 0 Å². The number of anilines is 2. The van der Waals surface area contributed by atoms with Crippen LogP contribution in [0.5, 0.6) is 0 Å². The number of hydrogen-bond donors (Lipinski definition) is 3. The second-order valence-corrected chi connectivity index (χ2v) is 8.37. The van der Waals surface area contributed by atoms with E-state index in [2.05, 4.69) is 15.9 Å². The Hall–Kier alpha value is -3.72. The van der Waals surface area contributed by atoms with E-state index >= 15 is 0 Å². The Bertz CT molecular complexity index is 1210. The first-order chi connectivity index (χ1) is 16.0. The highest BCUT2D eigenvalue weighted by molar-refractivity contribution is 5.90. The average molecular weight is 449 g/mol. The summed E-state index contributed by atoms with van der Waals surface area (Å²) in [6.45, 7) is 0.606. The molecule has 3 aromatic rings. The van der Waals surface area contributed by atoms with Gasteiger partial charge < -0.3 is 15.9 Å². The number of nitrogen functional groups attached to an aromatic ring is 1. The molecule has 1 aliphatic heterocycles. The van der Waals surface area contributed by atoms with Crippen molar-refractivity contribution < 1.29 is 18.8 Å². The average Bonchev–Trinajstić information content (AvgIpc) is 3.18. The van der Waals surface area contributed by atoms with Gasteiger partial charge in [0.15, 0.2) is 0 Å². The first kappa shape index (κ1) is 21.1. The number of nitrogens with zero attached hydrogens (tertiary/aromatic N) is 2. The number of aryl methyl sites for hydroxylation is 1. The summed E-state index contributed by atoms with van der Waals surface area (Å²) >= 11 is 0. The minimum absolute atomic E-state index is 0.145. The molecule has 0 bridgehead atoms. The van der Waals surface area contributed by atoms with Crippen LogP contribution in [0.1, 0.15) is 50.7 Å². The molecule has 0 saturated heterocycles. The van der Waals surface area contributed by atoms with E-state index in [-0.39, 0.29) is 23.6 Å². The molecule has 2 aromatic carbocycles. The number of hydroxylamine groups is 1. The summed E-state index contributed by atoms with van der Waals surface area (Å²) in [4.78, 5) is 30.8. The fraction of sp³-hybridized carbons (Fsp3) is 0.292. The zero-order valence-corrected chi connectivity index (χ0v) is 17.9. The van der Waals surface area contributed by atoms with Crippen LogP contribution < -0.4 is 16.5 Å². The van der Waals surface area contributed by atoms with Gasteiger partial charge in [0.1, 0.15) is 11.6 Å². The lowest BCUT2D eigenvalue weighted by Crippen LogP contribution is -2.36. The van der Waals surface area contributed by atoms with Crippen molar-refractivity contribution in [1.29, 1.82) is 0 Å². The van der Waals surface area contributed by atoms with Crippen molar-refractivity contribution in [2.45, 2.75) is 37.6 Å². The number of benzene rings is 2. The van der Waals surface area contributed by atoms with Crippen molar-refractivity contribution in [3.63, 3.8) is 0 Å². The number of carbonyl (C=O) groups is 2. The molecule has 0 amide bonds. The molecule has 33 heavy (non-hydrogen) atoms. The number of fused-ring (bicyclic) bond motifs is 2. The molecule has 2 unspecified atom stereocenters. The maximum Gasteiger partial charge on any atom is 0.356 e. The SMILES string of the molecule is Nc1c2c(nn1C(=O)C1CCNc3ccc(F)cc31)CCC(NOC(=O)c1ccccc1)C2. The zero-order valence-electron chi connectivity index (χ0n) is 17.9. The molecule has 8 nitrogen and oxygen atoms in total. The number of nitrogens with one attached hydrogen (secondary N) is 2. The van der Waals surface area contributed by atoms with Crippen LogP contribution in [-0.4, -0.2) is 34.2 Å². The summed E-state index contributed by atoms with van der Waals surface area (Å²) in [5.74, 6) is -1.36. The molecule has 2 heterocycles. The van der Waals surface area contributed by atoms with Crippen LogP contribution in [0.15, 0.2) is 48.5 Å². The number of hydrogen-bond acceptors (Lipinski definition) is 7. The largest absolute Gasteiger partial charge is 0.385 e. The summed E-state index contributed by atoms with van der Waals surface area (Å²) < 4.78 is 15.1. The Balaban J connectivity index is 1.31. The first-order valence-electron chi connectivity index (χ1n) is 11.0. The lowest BCUT2D eigenvalue weighted by atomic mass is 9.90. The molecular weight excluding hydrogens is 425 g/mol. The monoisotopic (exact) mass is 449 g/mol. The Morgan fingerprint density at radius 1 is 1.18 bits per heavy atom. The fourth-order valence-corrected chi connectivity index (χ4v) is 4.53. The minimum atomic E-state index is -0.527. The van der Waals surface area contributed by atoms with Gasteiger partial charge in [0.25, 0.3) is 5.91 Å². The van der Waals surface area contributed by atoms with Crippen LogP contribution in [0.2, 0.25) is 0 Å². The van der Waals surface area contributed by atoms with Gasteiger partial charge in [0, 0.05) is 23.8 Å². The topological polar surface area (TPSA) is 111 Å². The van der Waals surface area contributed by atoms with Gasteiger partial charge in [0.05, 0.1) is 17.2 Å². The van der Waals surface area contributed by atoms with E-state index in [1.807, 2.05) is 6.07 Å². The molecule has 0 spiro atoms. The van der Waals surface area contributed by atoms with Crippen molar-refractivity contribution in [2.75, 3.05) is 17.6 Å². The van der Waals surface area contributed by atoms with E-state index in [9.17, 15) is 14.0 Å². The zero-order chi connectivity index (χ0) is 22.9. The van der Waals surface area contributed by atoms with Gasteiger partial charge in [-0.3, -0.25) is 4.79 Å². The summed E-state index contributed by atoms with van der Waals surface area (Å²) in [5, 5.41) is 7.69. The van der Waals surface area contributed by atoms with Gasteiger partial charge in [-0.05, 0) is 61.6 Å². The number of rotatable bonds is 4. The van der Waals surface area contributed by atoms with Crippen LogP contribution in [-0.2, 0) is 17.7 Å². The predicted molar refractivity (Wildman–Crippen MR) is 120 cm³/mol. The van der Waals surface area contributed by atoms with Crippen LogP contribution in [0.25, 0.3) is 0 Å². The lowest BCUT2D eigenvalue weighted by molar-refractivity contribution is 0.0139. The van der Waals surface area contributed by atoms with Crippen molar-refractivity contribution >= 4 is 23.4 Å². The number of halogens is 1. The Morgan fingerprint density at radius 3 is 2.82 bits per heavy atom. The molecule has 0 radical (unpaired) electrons. The summed E-state index contributed by atoms with van der Waals surface area (Å²) in [6, 6.07) is 13.0. The van der Waals surface area contributed by atoms with Gasteiger partial charge >= 0.3 is 5.97 Å². The fourth-order valence-electron chi connectivity index (χ4n) is 4.53. The Kier molecular flexibility index (Phi) is 5.55. The normalized spacial score (nSPS) is 19.2. The third-order valence-electron chi connectivity index (χ3n) is 6.26. The molecular formula is C24H24FN5O3. The highest BCUT2D eigenvalue weighted by Gasteiger charge is 2.33. The van der Waals surface area contributed by atoms with Gasteiger partial charge in [-0.15, -0.1) is 5.48 Å². The number of nitrogens with two attached hydrogens (primary N) is 1. The number of aromatic nitrogens is 2. The standard InChI is InChI=1S/C24H24FN5O3/c25-15-6-8-20-18(12-15)17(10-11-27-20)23(31)30-22(26)19-13-16(7-9-21(19)28-30)29-33-24(32)14-4-2-1-3-5-14/h1-6,8,12,16-17,27,29H,7,9-11,13,26H2. The van der Waals surface area contributed by atoms with Gasteiger partial charge in [-0.1, -0.05) is 18.2 Å². The van der Waals surface area contributed by atoms with E-state index in [0.717, 1.165) is 16.9 Å². The van der Waals surface area contributed by atoms with Crippen molar-refractivity contribution in [1.82, 2.24) is 15.3 Å². The number of carbonyl (C=O) groups excluding carboxylic acids is 2. The molecule has 2 atom stereocenters. The highest BCUT2D eigenvalue weighted by atomic mass is 19.1. The van der Waals surface area contributed by atoms with Crippen molar-refractivity contribution in [2.24, 2.45) is 0 Å². The second-order valence-electron chi connectivity index (χ2n) is 8.37. The first-order valence-corrected chi connectivity index (χ1v) is 11.0. The van der Waals surface area contributed by atoms with Crippen molar-refractivity contribution in [3.05, 3.63) is 76.7 Å². The maximum atomic E-state index is 13.9. The van der Waals surface area contributed by atoms with E-state index < -0.39 is 11.9 Å². The molecule has 0 fully saturated rings. The summed E-state index contributed by atoms with van der Waals surface area (Å²) in [6.07, 6.45) is 2.28. The molecule has 0 saturated carbocycles. The Labute approximate surface area is 189 Å². The molecule has 1 aliphatic carbocycles. The van der Waals surface area contributed by atoms with E-state index in [1.165, 1.54) is 16.8 Å². The highest BCUT2D eigenvalue weighted by Crippen LogP contribution is 2.35. The van der Waals surface area contributed by atoms with E-state index in [0.29, 0.717) is 43.4 Å². The quantitative estimate of drug-likeness (QED) is 0.525.